The summed E-state index contributed by atoms with van der Waals surface area (Å²) < 4.78 is 15.6. The van der Waals surface area contributed by atoms with Crippen LogP contribution in [-0.4, -0.2) is 10.2 Å². The van der Waals surface area contributed by atoms with Crippen LogP contribution in [0.3, 0.4) is 0 Å². The van der Waals surface area contributed by atoms with Crippen molar-refractivity contribution in [1.82, 2.24) is 0 Å². The van der Waals surface area contributed by atoms with Gasteiger partial charge in [-0.2, -0.15) is 0 Å². The van der Waals surface area contributed by atoms with Crippen molar-refractivity contribution in [1.29, 1.82) is 0 Å². The van der Waals surface area contributed by atoms with Crippen LogP contribution in [0.15, 0.2) is 30.3 Å². The molecule has 1 atom stereocenters. The number of rotatable bonds is 3. The van der Waals surface area contributed by atoms with Gasteiger partial charge in [0.25, 0.3) is 0 Å². The summed E-state index contributed by atoms with van der Waals surface area (Å²) in [7, 11) is 0. The van der Waals surface area contributed by atoms with Gasteiger partial charge in [-0.15, -0.1) is 0 Å². The molecule has 0 radical (unpaired) electrons. The summed E-state index contributed by atoms with van der Waals surface area (Å²) in [5.41, 5.74) is 0.891. The van der Waals surface area contributed by atoms with Gasteiger partial charge < -0.3 is 4.18 Å². The lowest BCUT2D eigenvalue weighted by Gasteiger charge is -2.00. The van der Waals surface area contributed by atoms with Crippen LogP contribution in [0.5, 0.6) is 0 Å². The first-order chi connectivity index (χ1) is 6.18. The van der Waals surface area contributed by atoms with Crippen LogP contribution in [0.25, 0.3) is 0 Å². The van der Waals surface area contributed by atoms with Crippen molar-refractivity contribution in [2.45, 2.75) is 12.7 Å². The standard InChI is InChI=1S/C9H10O3S/c1-8(10)12-13(11)7-9-5-3-2-4-6-9/h2-6H,7H2,1H3. The van der Waals surface area contributed by atoms with Crippen LogP contribution in [0.4, 0.5) is 0 Å². The SMILES string of the molecule is CC(=O)OS(=O)Cc1ccccc1. The Bertz CT molecular complexity index is 308. The highest BCUT2D eigenvalue weighted by atomic mass is 32.2. The number of carbonyl (C=O) groups excluding carboxylic acids is 1. The van der Waals surface area contributed by atoms with E-state index in [1.54, 1.807) is 0 Å². The minimum Gasteiger partial charge on any atom is -0.364 e. The molecule has 4 heteroatoms. The van der Waals surface area contributed by atoms with Gasteiger partial charge in [-0.1, -0.05) is 30.3 Å². The Morgan fingerprint density at radius 1 is 1.38 bits per heavy atom. The quantitative estimate of drug-likeness (QED) is 0.737. The van der Waals surface area contributed by atoms with E-state index in [9.17, 15) is 9.00 Å². The van der Waals surface area contributed by atoms with Gasteiger partial charge in [0.05, 0.1) is 5.75 Å². The number of hydrogen-bond donors (Lipinski definition) is 0. The fraction of sp³-hybridized carbons (Fsp3) is 0.222. The Morgan fingerprint density at radius 2 is 2.00 bits per heavy atom. The summed E-state index contributed by atoms with van der Waals surface area (Å²) in [6.07, 6.45) is 0. The molecule has 0 aliphatic heterocycles. The molecule has 0 N–H and O–H groups in total. The van der Waals surface area contributed by atoms with Crippen LogP contribution < -0.4 is 0 Å². The second-order valence-electron chi connectivity index (χ2n) is 2.51. The normalized spacial score (nSPS) is 12.1. The van der Waals surface area contributed by atoms with Gasteiger partial charge in [-0.25, -0.2) is 4.21 Å². The fourth-order valence-electron chi connectivity index (χ4n) is 0.871. The van der Waals surface area contributed by atoms with Crippen molar-refractivity contribution in [3.63, 3.8) is 0 Å². The number of carbonyl (C=O) groups is 1. The van der Waals surface area contributed by atoms with Crippen LogP contribution in [0.2, 0.25) is 0 Å². The maximum absolute atomic E-state index is 11.1. The maximum atomic E-state index is 11.1. The molecule has 0 saturated heterocycles. The van der Waals surface area contributed by atoms with Crippen molar-refractivity contribution < 1.29 is 13.2 Å². The van der Waals surface area contributed by atoms with Crippen molar-refractivity contribution >= 4 is 17.0 Å². The largest absolute Gasteiger partial charge is 0.364 e. The van der Waals surface area contributed by atoms with E-state index in [-0.39, 0.29) is 5.75 Å². The lowest BCUT2D eigenvalue weighted by molar-refractivity contribution is -0.130. The number of hydrogen-bond acceptors (Lipinski definition) is 3. The van der Waals surface area contributed by atoms with E-state index in [0.717, 1.165) is 5.56 Å². The Morgan fingerprint density at radius 3 is 2.54 bits per heavy atom. The third-order valence-electron chi connectivity index (χ3n) is 1.34. The minimum absolute atomic E-state index is 0.250. The van der Waals surface area contributed by atoms with E-state index in [2.05, 4.69) is 4.18 Å². The van der Waals surface area contributed by atoms with Gasteiger partial charge in [0.1, 0.15) is 0 Å². The topological polar surface area (TPSA) is 43.4 Å². The zero-order valence-electron chi connectivity index (χ0n) is 7.23. The summed E-state index contributed by atoms with van der Waals surface area (Å²) in [4.78, 5) is 10.4. The van der Waals surface area contributed by atoms with Crippen molar-refractivity contribution in [2.24, 2.45) is 0 Å². The first kappa shape index (κ1) is 9.92. The second-order valence-corrected chi connectivity index (χ2v) is 3.57. The van der Waals surface area contributed by atoms with Crippen LogP contribution in [-0.2, 0) is 25.8 Å². The van der Waals surface area contributed by atoms with Gasteiger partial charge in [0, 0.05) is 6.92 Å². The molecule has 70 valence electrons. The van der Waals surface area contributed by atoms with Gasteiger partial charge >= 0.3 is 5.97 Å². The Labute approximate surface area is 79.4 Å². The summed E-state index contributed by atoms with van der Waals surface area (Å²) in [5.74, 6) is -0.269. The molecule has 0 aliphatic carbocycles. The molecule has 0 aromatic heterocycles. The smallest absolute Gasteiger partial charge is 0.316 e. The van der Waals surface area contributed by atoms with E-state index in [1.807, 2.05) is 30.3 Å². The van der Waals surface area contributed by atoms with Crippen molar-refractivity contribution in [2.75, 3.05) is 0 Å². The zero-order valence-corrected chi connectivity index (χ0v) is 8.04. The molecule has 0 fully saturated rings. The molecule has 0 spiro atoms. The van der Waals surface area contributed by atoms with Crippen LogP contribution >= 0.6 is 0 Å². The highest BCUT2D eigenvalue weighted by molar-refractivity contribution is 7.79. The van der Waals surface area contributed by atoms with Gasteiger partial charge in [-0.05, 0) is 5.56 Å². The highest BCUT2D eigenvalue weighted by Gasteiger charge is 2.04. The third kappa shape index (κ3) is 3.85. The molecule has 1 rings (SSSR count). The van der Waals surface area contributed by atoms with E-state index in [1.165, 1.54) is 6.92 Å². The zero-order chi connectivity index (χ0) is 9.68. The van der Waals surface area contributed by atoms with E-state index in [4.69, 9.17) is 0 Å². The molecule has 0 bridgehead atoms. The summed E-state index contributed by atoms with van der Waals surface area (Å²) in [6, 6.07) is 9.24. The lowest BCUT2D eigenvalue weighted by Crippen LogP contribution is -2.04. The summed E-state index contributed by atoms with van der Waals surface area (Å²) in [5, 5.41) is 0. The van der Waals surface area contributed by atoms with E-state index in [0.29, 0.717) is 0 Å². The van der Waals surface area contributed by atoms with Gasteiger partial charge in [0.15, 0.2) is 0 Å². The van der Waals surface area contributed by atoms with Gasteiger partial charge in [0.2, 0.25) is 11.1 Å². The van der Waals surface area contributed by atoms with Crippen molar-refractivity contribution in [3.05, 3.63) is 35.9 Å². The van der Waals surface area contributed by atoms with E-state index < -0.39 is 17.0 Å². The van der Waals surface area contributed by atoms with Crippen LogP contribution in [0.1, 0.15) is 12.5 Å². The average molecular weight is 198 g/mol. The first-order valence-electron chi connectivity index (χ1n) is 3.79. The van der Waals surface area contributed by atoms with Crippen molar-refractivity contribution in [3.8, 4) is 0 Å². The molecule has 1 aromatic rings. The molecule has 1 unspecified atom stereocenters. The van der Waals surface area contributed by atoms with Gasteiger partial charge in [-0.3, -0.25) is 4.79 Å². The molecular weight excluding hydrogens is 188 g/mol. The summed E-state index contributed by atoms with van der Waals surface area (Å²) in [6.45, 7) is 1.24. The molecule has 0 aliphatic rings. The van der Waals surface area contributed by atoms with E-state index >= 15 is 0 Å². The highest BCUT2D eigenvalue weighted by Crippen LogP contribution is 2.03. The Kier molecular flexibility index (Phi) is 3.64. The molecule has 0 saturated carbocycles. The first-order valence-corrected chi connectivity index (χ1v) is 5.04. The Balaban J connectivity index is 2.50. The average Bonchev–Trinajstić information content (AvgIpc) is 2.04. The minimum atomic E-state index is -1.55. The molecule has 1 aromatic carbocycles. The molecule has 13 heavy (non-hydrogen) atoms. The third-order valence-corrected chi connectivity index (χ3v) is 2.33. The predicted octanol–water partition coefficient (Wildman–Crippen LogP) is 1.41. The monoisotopic (exact) mass is 198 g/mol. The molecule has 3 nitrogen and oxygen atoms in total. The second kappa shape index (κ2) is 4.77. The molecule has 0 heterocycles. The lowest BCUT2D eigenvalue weighted by atomic mass is 10.2. The fourth-order valence-corrected chi connectivity index (χ4v) is 1.66. The summed E-state index contributed by atoms with van der Waals surface area (Å²) >= 11 is -1.55. The molecule has 0 amide bonds. The maximum Gasteiger partial charge on any atom is 0.316 e. The number of benzene rings is 1. The Hall–Kier alpha value is -1.16. The predicted molar refractivity (Wildman–Crippen MR) is 50.1 cm³/mol. The molecular formula is C9H10O3S. The van der Waals surface area contributed by atoms with Crippen LogP contribution in [0, 0.1) is 0 Å².